The third kappa shape index (κ3) is 2.38. The molecule has 14 heavy (non-hydrogen) atoms. The van der Waals surface area contributed by atoms with Gasteiger partial charge in [-0.2, -0.15) is 0 Å². The molecule has 76 valence electrons. The molecule has 2 nitrogen and oxygen atoms in total. The largest absolute Gasteiger partial charge is 0.474 e. The standard InChI is InChI=1S/C11H14ClNO/c12-7-9-5-6-11(13-8-9)14-10-3-1-2-4-10/h5-6,8,10H,1-4,7H2. The van der Waals surface area contributed by atoms with Gasteiger partial charge < -0.3 is 4.74 Å². The van der Waals surface area contributed by atoms with E-state index < -0.39 is 0 Å². The fraction of sp³-hybridized carbons (Fsp3) is 0.545. The molecule has 0 saturated heterocycles. The van der Waals surface area contributed by atoms with Crippen molar-refractivity contribution in [2.45, 2.75) is 37.7 Å². The maximum absolute atomic E-state index is 5.72. The van der Waals surface area contributed by atoms with Crippen LogP contribution in [0, 0.1) is 0 Å². The molecule has 0 aromatic carbocycles. The van der Waals surface area contributed by atoms with E-state index in [-0.39, 0.29) is 0 Å². The number of alkyl halides is 1. The molecule has 0 atom stereocenters. The highest BCUT2D eigenvalue weighted by Gasteiger charge is 2.16. The van der Waals surface area contributed by atoms with Crippen LogP contribution in [0.25, 0.3) is 0 Å². The summed E-state index contributed by atoms with van der Waals surface area (Å²) in [5, 5.41) is 0. The molecule has 0 aliphatic heterocycles. The monoisotopic (exact) mass is 211 g/mol. The lowest BCUT2D eigenvalue weighted by Gasteiger charge is -2.11. The van der Waals surface area contributed by atoms with Crippen LogP contribution in [0.15, 0.2) is 18.3 Å². The number of ether oxygens (including phenoxy) is 1. The molecule has 0 amide bonds. The summed E-state index contributed by atoms with van der Waals surface area (Å²) in [6.07, 6.45) is 7.05. The molecule has 2 rings (SSSR count). The zero-order chi connectivity index (χ0) is 9.80. The van der Waals surface area contributed by atoms with Crippen LogP contribution in [0.5, 0.6) is 5.88 Å². The van der Waals surface area contributed by atoms with Gasteiger partial charge in [0.1, 0.15) is 6.10 Å². The van der Waals surface area contributed by atoms with E-state index >= 15 is 0 Å². The summed E-state index contributed by atoms with van der Waals surface area (Å²) in [5.74, 6) is 1.24. The van der Waals surface area contributed by atoms with Crippen LogP contribution in [0.3, 0.4) is 0 Å². The second kappa shape index (κ2) is 4.65. The molecule has 3 heteroatoms. The Bertz CT molecular complexity index is 280. The third-order valence-corrected chi connectivity index (χ3v) is 2.85. The summed E-state index contributed by atoms with van der Waals surface area (Å²) in [5.41, 5.74) is 1.03. The number of hydrogen-bond acceptors (Lipinski definition) is 2. The Balaban J connectivity index is 1.95. The van der Waals surface area contributed by atoms with Gasteiger partial charge in [0.15, 0.2) is 0 Å². The average Bonchev–Trinajstić information content (AvgIpc) is 2.72. The van der Waals surface area contributed by atoms with Crippen molar-refractivity contribution in [3.8, 4) is 5.88 Å². The Labute approximate surface area is 89.3 Å². The Morgan fingerprint density at radius 3 is 2.71 bits per heavy atom. The van der Waals surface area contributed by atoms with E-state index in [4.69, 9.17) is 16.3 Å². The van der Waals surface area contributed by atoms with E-state index in [9.17, 15) is 0 Å². The van der Waals surface area contributed by atoms with Crippen molar-refractivity contribution in [1.82, 2.24) is 4.98 Å². The van der Waals surface area contributed by atoms with Crippen molar-refractivity contribution in [2.24, 2.45) is 0 Å². The molecular weight excluding hydrogens is 198 g/mol. The number of pyridine rings is 1. The zero-order valence-corrected chi connectivity index (χ0v) is 8.83. The minimum absolute atomic E-state index is 0.379. The molecule has 1 aromatic rings. The van der Waals surface area contributed by atoms with Crippen LogP contribution in [0.2, 0.25) is 0 Å². The topological polar surface area (TPSA) is 22.1 Å². The van der Waals surface area contributed by atoms with E-state index in [1.165, 1.54) is 25.7 Å². The third-order valence-electron chi connectivity index (χ3n) is 2.54. The molecule has 0 N–H and O–H groups in total. The van der Waals surface area contributed by atoms with Crippen molar-refractivity contribution in [2.75, 3.05) is 0 Å². The normalized spacial score (nSPS) is 17.2. The Hall–Kier alpha value is -0.760. The molecular formula is C11H14ClNO. The first-order chi connectivity index (χ1) is 6.88. The highest BCUT2D eigenvalue weighted by molar-refractivity contribution is 6.17. The Kier molecular flexibility index (Phi) is 3.25. The van der Waals surface area contributed by atoms with Crippen LogP contribution < -0.4 is 4.74 Å². The summed E-state index contributed by atoms with van der Waals surface area (Å²) in [6.45, 7) is 0. The molecule has 1 aliphatic rings. The molecule has 1 fully saturated rings. The van der Waals surface area contributed by atoms with Crippen molar-refractivity contribution in [1.29, 1.82) is 0 Å². The van der Waals surface area contributed by atoms with E-state index in [1.807, 2.05) is 12.1 Å². The van der Waals surface area contributed by atoms with Crippen LogP contribution >= 0.6 is 11.6 Å². The van der Waals surface area contributed by atoms with Crippen molar-refractivity contribution >= 4 is 11.6 Å². The number of halogens is 1. The average molecular weight is 212 g/mol. The van der Waals surface area contributed by atoms with E-state index in [0.29, 0.717) is 12.0 Å². The van der Waals surface area contributed by atoms with Crippen LogP contribution in [0.1, 0.15) is 31.2 Å². The van der Waals surface area contributed by atoms with Gasteiger partial charge in [0.25, 0.3) is 0 Å². The number of hydrogen-bond donors (Lipinski definition) is 0. The van der Waals surface area contributed by atoms with Gasteiger partial charge in [0, 0.05) is 18.1 Å². The first-order valence-corrected chi connectivity index (χ1v) is 5.59. The van der Waals surface area contributed by atoms with Gasteiger partial charge in [-0.25, -0.2) is 4.98 Å². The van der Waals surface area contributed by atoms with Crippen molar-refractivity contribution < 1.29 is 4.74 Å². The summed E-state index contributed by atoms with van der Waals surface area (Å²) in [4.78, 5) is 4.21. The highest BCUT2D eigenvalue weighted by atomic mass is 35.5. The second-order valence-corrected chi connectivity index (χ2v) is 3.93. The first-order valence-electron chi connectivity index (χ1n) is 5.06. The molecule has 1 heterocycles. The predicted molar refractivity (Wildman–Crippen MR) is 56.7 cm³/mol. The van der Waals surface area contributed by atoms with Gasteiger partial charge in [0.2, 0.25) is 5.88 Å². The van der Waals surface area contributed by atoms with E-state index in [0.717, 1.165) is 11.4 Å². The lowest BCUT2D eigenvalue weighted by molar-refractivity contribution is 0.201. The molecule has 0 radical (unpaired) electrons. The molecule has 1 saturated carbocycles. The van der Waals surface area contributed by atoms with E-state index in [2.05, 4.69) is 4.98 Å². The fourth-order valence-corrected chi connectivity index (χ4v) is 1.89. The number of nitrogens with zero attached hydrogens (tertiary/aromatic N) is 1. The van der Waals surface area contributed by atoms with Crippen LogP contribution in [-0.4, -0.2) is 11.1 Å². The highest BCUT2D eigenvalue weighted by Crippen LogP contribution is 2.22. The quantitative estimate of drug-likeness (QED) is 0.717. The minimum atomic E-state index is 0.379. The lowest BCUT2D eigenvalue weighted by atomic mass is 10.3. The minimum Gasteiger partial charge on any atom is -0.474 e. The lowest BCUT2D eigenvalue weighted by Crippen LogP contribution is -2.11. The second-order valence-electron chi connectivity index (χ2n) is 3.66. The summed E-state index contributed by atoms with van der Waals surface area (Å²) >= 11 is 5.67. The summed E-state index contributed by atoms with van der Waals surface area (Å²) in [7, 11) is 0. The fourth-order valence-electron chi connectivity index (χ4n) is 1.74. The molecule has 0 bridgehead atoms. The summed E-state index contributed by atoms with van der Waals surface area (Å²) in [6, 6.07) is 3.86. The van der Waals surface area contributed by atoms with Crippen molar-refractivity contribution in [3.63, 3.8) is 0 Å². The summed E-state index contributed by atoms with van der Waals surface area (Å²) < 4.78 is 5.72. The predicted octanol–water partition coefficient (Wildman–Crippen LogP) is 3.14. The van der Waals surface area contributed by atoms with Gasteiger partial charge in [-0.1, -0.05) is 6.07 Å². The molecule has 0 spiro atoms. The number of aromatic nitrogens is 1. The number of rotatable bonds is 3. The van der Waals surface area contributed by atoms with Gasteiger partial charge in [0.05, 0.1) is 0 Å². The smallest absolute Gasteiger partial charge is 0.213 e. The first kappa shape index (κ1) is 9.78. The zero-order valence-electron chi connectivity index (χ0n) is 8.08. The SMILES string of the molecule is ClCc1ccc(OC2CCCC2)nc1. The molecule has 0 unspecified atom stereocenters. The molecule has 1 aromatic heterocycles. The van der Waals surface area contributed by atoms with E-state index in [1.54, 1.807) is 6.20 Å². The van der Waals surface area contributed by atoms with Gasteiger partial charge in [-0.3, -0.25) is 0 Å². The van der Waals surface area contributed by atoms with Gasteiger partial charge in [-0.15, -0.1) is 11.6 Å². The van der Waals surface area contributed by atoms with Crippen LogP contribution in [0.4, 0.5) is 0 Å². The van der Waals surface area contributed by atoms with Gasteiger partial charge >= 0.3 is 0 Å². The Morgan fingerprint density at radius 2 is 2.14 bits per heavy atom. The van der Waals surface area contributed by atoms with Crippen molar-refractivity contribution in [3.05, 3.63) is 23.9 Å². The molecule has 1 aliphatic carbocycles. The van der Waals surface area contributed by atoms with Crippen LogP contribution in [-0.2, 0) is 5.88 Å². The maximum atomic E-state index is 5.72. The Morgan fingerprint density at radius 1 is 1.36 bits per heavy atom. The maximum Gasteiger partial charge on any atom is 0.213 e. The van der Waals surface area contributed by atoms with Gasteiger partial charge in [-0.05, 0) is 31.2 Å².